The Morgan fingerprint density at radius 2 is 1.84 bits per heavy atom. The number of para-hydroxylation sites is 1. The quantitative estimate of drug-likeness (QED) is 0.495. The van der Waals surface area contributed by atoms with Crippen molar-refractivity contribution in [2.45, 2.75) is 13.5 Å². The van der Waals surface area contributed by atoms with E-state index >= 15 is 0 Å². The van der Waals surface area contributed by atoms with E-state index in [0.29, 0.717) is 24.7 Å². The zero-order valence-corrected chi connectivity index (χ0v) is 17.1. The highest BCUT2D eigenvalue weighted by atomic mass is 19.1. The average molecular weight is 415 g/mol. The van der Waals surface area contributed by atoms with Crippen molar-refractivity contribution in [1.29, 1.82) is 0 Å². The van der Waals surface area contributed by atoms with Gasteiger partial charge in [0.05, 0.1) is 12.1 Å². The molecule has 0 atom stereocenters. The zero-order valence-electron chi connectivity index (χ0n) is 17.1. The molecule has 156 valence electrons. The Hall–Kier alpha value is -3.87. The van der Waals surface area contributed by atoms with Crippen LogP contribution >= 0.6 is 0 Å². The number of fused-ring (bicyclic) bond motifs is 1. The highest BCUT2D eigenvalue weighted by Crippen LogP contribution is 2.27. The fraction of sp³-hybridized carbons (Fsp3) is 0.167. The second-order valence-electron chi connectivity index (χ2n) is 7.05. The fourth-order valence-corrected chi connectivity index (χ4v) is 3.29. The minimum atomic E-state index is -0.299. The number of pyridine rings is 1. The topological polar surface area (TPSA) is 71.0 Å². The molecule has 2 heterocycles. The molecule has 0 aliphatic carbocycles. The van der Waals surface area contributed by atoms with Crippen LogP contribution in [0.4, 0.5) is 10.2 Å². The SMILES string of the molecule is CCN(CC(=O)NCc1ccc(F)cc1)c1nc(-c2cccnc2)nc2ccccc12. The van der Waals surface area contributed by atoms with Gasteiger partial charge in [0.2, 0.25) is 5.91 Å². The maximum Gasteiger partial charge on any atom is 0.239 e. The van der Waals surface area contributed by atoms with Crippen LogP contribution in [0.3, 0.4) is 0 Å². The molecule has 0 aliphatic rings. The highest BCUT2D eigenvalue weighted by Gasteiger charge is 2.17. The number of carbonyl (C=O) groups is 1. The monoisotopic (exact) mass is 415 g/mol. The second-order valence-corrected chi connectivity index (χ2v) is 7.05. The largest absolute Gasteiger partial charge is 0.350 e. The number of carbonyl (C=O) groups excluding carboxylic acids is 1. The van der Waals surface area contributed by atoms with E-state index in [-0.39, 0.29) is 18.3 Å². The molecular weight excluding hydrogens is 393 g/mol. The molecule has 1 amide bonds. The number of anilines is 1. The fourth-order valence-electron chi connectivity index (χ4n) is 3.29. The van der Waals surface area contributed by atoms with Crippen molar-refractivity contribution >= 4 is 22.6 Å². The van der Waals surface area contributed by atoms with Crippen molar-refractivity contribution in [3.63, 3.8) is 0 Å². The molecule has 7 heteroatoms. The number of hydrogen-bond donors (Lipinski definition) is 1. The molecule has 0 spiro atoms. The third-order valence-electron chi connectivity index (χ3n) is 4.92. The third-order valence-corrected chi connectivity index (χ3v) is 4.92. The molecule has 0 bridgehead atoms. The molecule has 2 aromatic heterocycles. The molecule has 0 saturated carbocycles. The Bertz CT molecular complexity index is 1180. The minimum absolute atomic E-state index is 0.142. The van der Waals surface area contributed by atoms with Gasteiger partial charge in [-0.25, -0.2) is 14.4 Å². The maximum atomic E-state index is 13.1. The van der Waals surface area contributed by atoms with Gasteiger partial charge in [0.15, 0.2) is 5.82 Å². The molecule has 2 aromatic carbocycles. The summed E-state index contributed by atoms with van der Waals surface area (Å²) in [5.74, 6) is 0.819. The Kier molecular flexibility index (Phi) is 6.12. The number of amides is 1. The molecule has 4 rings (SSSR count). The Morgan fingerprint density at radius 3 is 2.58 bits per heavy atom. The lowest BCUT2D eigenvalue weighted by molar-refractivity contribution is -0.119. The first kappa shape index (κ1) is 20.4. The number of hydrogen-bond acceptors (Lipinski definition) is 5. The van der Waals surface area contributed by atoms with Crippen LogP contribution in [-0.2, 0) is 11.3 Å². The van der Waals surface area contributed by atoms with E-state index in [2.05, 4.69) is 15.3 Å². The molecular formula is C24H22FN5O. The Balaban J connectivity index is 1.59. The second kappa shape index (κ2) is 9.30. The van der Waals surface area contributed by atoms with Crippen LogP contribution in [0.25, 0.3) is 22.3 Å². The van der Waals surface area contributed by atoms with Gasteiger partial charge in [-0.1, -0.05) is 24.3 Å². The minimum Gasteiger partial charge on any atom is -0.350 e. The van der Waals surface area contributed by atoms with Gasteiger partial charge in [-0.3, -0.25) is 9.78 Å². The summed E-state index contributed by atoms with van der Waals surface area (Å²) in [6, 6.07) is 17.6. The molecule has 1 N–H and O–H groups in total. The van der Waals surface area contributed by atoms with E-state index in [1.807, 2.05) is 48.2 Å². The van der Waals surface area contributed by atoms with E-state index in [4.69, 9.17) is 4.98 Å². The molecule has 6 nitrogen and oxygen atoms in total. The molecule has 0 saturated heterocycles. The standard InChI is InChI=1S/C24H22FN5O/c1-2-30(16-22(31)27-14-17-9-11-19(25)12-10-17)24-20-7-3-4-8-21(20)28-23(29-24)18-6-5-13-26-15-18/h3-13,15H,2,14,16H2,1H3,(H,27,31). The van der Waals surface area contributed by atoms with E-state index in [1.165, 1.54) is 12.1 Å². The van der Waals surface area contributed by atoms with Crippen molar-refractivity contribution < 1.29 is 9.18 Å². The van der Waals surface area contributed by atoms with Gasteiger partial charge < -0.3 is 10.2 Å². The van der Waals surface area contributed by atoms with Crippen molar-refractivity contribution in [3.8, 4) is 11.4 Å². The summed E-state index contributed by atoms with van der Waals surface area (Å²) in [6.45, 7) is 3.05. The van der Waals surface area contributed by atoms with Gasteiger partial charge in [0.1, 0.15) is 11.6 Å². The summed E-state index contributed by atoms with van der Waals surface area (Å²) < 4.78 is 13.1. The number of benzene rings is 2. The molecule has 0 radical (unpaired) electrons. The molecule has 31 heavy (non-hydrogen) atoms. The van der Waals surface area contributed by atoms with E-state index in [9.17, 15) is 9.18 Å². The van der Waals surface area contributed by atoms with Crippen LogP contribution < -0.4 is 10.2 Å². The number of nitrogens with zero attached hydrogens (tertiary/aromatic N) is 4. The number of aromatic nitrogens is 3. The van der Waals surface area contributed by atoms with Crippen LogP contribution in [0.1, 0.15) is 12.5 Å². The van der Waals surface area contributed by atoms with E-state index in [1.54, 1.807) is 24.5 Å². The summed E-state index contributed by atoms with van der Waals surface area (Å²) in [5, 5.41) is 3.77. The van der Waals surface area contributed by atoms with Crippen LogP contribution in [-0.4, -0.2) is 33.9 Å². The van der Waals surface area contributed by atoms with Crippen molar-refractivity contribution in [2.24, 2.45) is 0 Å². The number of likely N-dealkylation sites (N-methyl/N-ethyl adjacent to an activating group) is 1. The van der Waals surface area contributed by atoms with Gasteiger partial charge in [-0.15, -0.1) is 0 Å². The maximum absolute atomic E-state index is 13.1. The van der Waals surface area contributed by atoms with E-state index in [0.717, 1.165) is 22.0 Å². The van der Waals surface area contributed by atoms with Gasteiger partial charge in [-0.2, -0.15) is 0 Å². The average Bonchev–Trinajstić information content (AvgIpc) is 2.82. The summed E-state index contributed by atoms with van der Waals surface area (Å²) >= 11 is 0. The normalized spacial score (nSPS) is 10.8. The summed E-state index contributed by atoms with van der Waals surface area (Å²) in [4.78, 5) is 28.2. The Morgan fingerprint density at radius 1 is 1.03 bits per heavy atom. The van der Waals surface area contributed by atoms with Gasteiger partial charge >= 0.3 is 0 Å². The van der Waals surface area contributed by atoms with E-state index < -0.39 is 0 Å². The molecule has 0 aliphatic heterocycles. The zero-order chi connectivity index (χ0) is 21.6. The lowest BCUT2D eigenvalue weighted by Crippen LogP contribution is -2.37. The third kappa shape index (κ3) is 4.83. The number of nitrogens with one attached hydrogen (secondary N) is 1. The first-order valence-corrected chi connectivity index (χ1v) is 10.1. The lowest BCUT2D eigenvalue weighted by atomic mass is 10.2. The molecule has 0 fully saturated rings. The van der Waals surface area contributed by atoms with Crippen LogP contribution in [0.5, 0.6) is 0 Å². The van der Waals surface area contributed by atoms with Crippen LogP contribution in [0.15, 0.2) is 73.1 Å². The Labute approximate surface area is 179 Å². The van der Waals surface area contributed by atoms with Crippen molar-refractivity contribution in [3.05, 3.63) is 84.4 Å². The number of rotatable bonds is 7. The highest BCUT2D eigenvalue weighted by molar-refractivity contribution is 5.93. The summed E-state index contributed by atoms with van der Waals surface area (Å²) in [5.41, 5.74) is 2.45. The van der Waals surface area contributed by atoms with Crippen molar-refractivity contribution in [1.82, 2.24) is 20.3 Å². The smallest absolute Gasteiger partial charge is 0.239 e. The summed E-state index contributed by atoms with van der Waals surface area (Å²) in [6.07, 6.45) is 3.43. The predicted molar refractivity (Wildman–Crippen MR) is 119 cm³/mol. The van der Waals surface area contributed by atoms with Gasteiger partial charge in [-0.05, 0) is 48.9 Å². The summed E-state index contributed by atoms with van der Waals surface area (Å²) in [7, 11) is 0. The molecule has 0 unspecified atom stereocenters. The number of halogens is 1. The van der Waals surface area contributed by atoms with Crippen molar-refractivity contribution in [2.75, 3.05) is 18.0 Å². The van der Waals surface area contributed by atoms with Gasteiger partial charge in [0.25, 0.3) is 0 Å². The first-order chi connectivity index (χ1) is 15.1. The van der Waals surface area contributed by atoms with Crippen LogP contribution in [0.2, 0.25) is 0 Å². The predicted octanol–water partition coefficient (Wildman–Crippen LogP) is 3.97. The lowest BCUT2D eigenvalue weighted by Gasteiger charge is -2.23. The first-order valence-electron chi connectivity index (χ1n) is 10.1. The van der Waals surface area contributed by atoms with Crippen LogP contribution in [0, 0.1) is 5.82 Å². The van der Waals surface area contributed by atoms with Gasteiger partial charge in [0, 0.05) is 36.4 Å². The molecule has 4 aromatic rings.